The van der Waals surface area contributed by atoms with Gasteiger partial charge in [-0.15, -0.1) is 0 Å². The van der Waals surface area contributed by atoms with E-state index in [4.69, 9.17) is 0 Å². The number of nitrogens with one attached hydrogen (secondary N) is 3. The number of anilines is 3. The van der Waals surface area contributed by atoms with Gasteiger partial charge in [-0.25, -0.2) is 4.98 Å². The number of aliphatic hydroxyl groups is 1. The molecule has 4 rings (SSSR count). The highest BCUT2D eigenvalue weighted by Crippen LogP contribution is 2.32. The molecule has 2 atom stereocenters. The quantitative estimate of drug-likeness (QED) is 0.475. The first-order valence-electron chi connectivity index (χ1n) is 10.3. The van der Waals surface area contributed by atoms with Crippen molar-refractivity contribution < 1.29 is 9.90 Å². The summed E-state index contributed by atoms with van der Waals surface area (Å²) in [6.45, 7) is 5.58. The van der Waals surface area contributed by atoms with Crippen LogP contribution in [0.15, 0.2) is 35.4 Å². The summed E-state index contributed by atoms with van der Waals surface area (Å²) in [5.74, 6) is 0.650. The van der Waals surface area contributed by atoms with Gasteiger partial charge in [0.1, 0.15) is 22.9 Å². The molecule has 1 saturated carbocycles. The predicted octanol–water partition coefficient (Wildman–Crippen LogP) is 1.90. The number of nitrogens with zero attached hydrogens (tertiary/aromatic N) is 4. The first kappa shape index (κ1) is 20.9. The van der Waals surface area contributed by atoms with Gasteiger partial charge < -0.3 is 25.6 Å². The molecule has 0 spiro atoms. The van der Waals surface area contributed by atoms with Crippen LogP contribution in [-0.4, -0.2) is 48.9 Å². The number of carbonyl (C=O) groups is 1. The van der Waals surface area contributed by atoms with E-state index in [-0.39, 0.29) is 29.1 Å². The molecule has 1 aliphatic rings. The average molecular weight is 425 g/mol. The molecule has 0 aliphatic heterocycles. The lowest BCUT2D eigenvalue weighted by atomic mass is 9.76. The van der Waals surface area contributed by atoms with Gasteiger partial charge >= 0.3 is 0 Å². The van der Waals surface area contributed by atoms with E-state index in [9.17, 15) is 14.7 Å². The molecule has 0 bridgehead atoms. The fourth-order valence-electron chi connectivity index (χ4n) is 3.69. The lowest BCUT2D eigenvalue weighted by Gasteiger charge is -2.42. The summed E-state index contributed by atoms with van der Waals surface area (Å²) in [5.41, 5.74) is -0.0603. The molecule has 0 unspecified atom stereocenters. The summed E-state index contributed by atoms with van der Waals surface area (Å²) in [7, 11) is 1.74. The van der Waals surface area contributed by atoms with Gasteiger partial charge in [-0.1, -0.05) is 0 Å². The number of rotatable bonds is 6. The van der Waals surface area contributed by atoms with E-state index in [1.54, 1.807) is 42.9 Å². The lowest BCUT2D eigenvalue weighted by Crippen LogP contribution is -2.58. The van der Waals surface area contributed by atoms with E-state index < -0.39 is 5.60 Å². The zero-order valence-electron chi connectivity index (χ0n) is 18.0. The van der Waals surface area contributed by atoms with Crippen molar-refractivity contribution in [2.45, 2.75) is 51.3 Å². The second-order valence-electron chi connectivity index (χ2n) is 8.35. The van der Waals surface area contributed by atoms with Crippen LogP contribution in [0.25, 0.3) is 5.65 Å². The molecule has 3 aromatic rings. The van der Waals surface area contributed by atoms with Crippen LogP contribution in [0.1, 0.15) is 50.0 Å². The average Bonchev–Trinajstić information content (AvgIpc) is 3.16. The highest BCUT2D eigenvalue weighted by molar-refractivity contribution is 6.00. The molecule has 0 saturated heterocycles. The van der Waals surface area contributed by atoms with E-state index in [0.29, 0.717) is 29.4 Å². The van der Waals surface area contributed by atoms with Gasteiger partial charge in [0.2, 0.25) is 0 Å². The largest absolute Gasteiger partial charge is 0.388 e. The number of pyridine rings is 1. The van der Waals surface area contributed by atoms with Gasteiger partial charge in [0, 0.05) is 25.4 Å². The van der Waals surface area contributed by atoms with Gasteiger partial charge in [0.15, 0.2) is 5.65 Å². The van der Waals surface area contributed by atoms with Gasteiger partial charge in [-0.2, -0.15) is 9.61 Å². The van der Waals surface area contributed by atoms with Crippen molar-refractivity contribution in [3.8, 4) is 0 Å². The summed E-state index contributed by atoms with van der Waals surface area (Å²) in [5, 5.41) is 23.4. The molecule has 0 aromatic carbocycles. The number of carbonyl (C=O) groups excluding carboxylic acids is 1. The Bertz CT molecular complexity index is 1200. The topological polar surface area (TPSA) is 126 Å². The molecule has 1 amide bonds. The second-order valence-corrected chi connectivity index (χ2v) is 8.35. The summed E-state index contributed by atoms with van der Waals surface area (Å²) in [4.78, 5) is 30.1. The van der Waals surface area contributed by atoms with Crippen molar-refractivity contribution in [2.24, 2.45) is 0 Å². The fourth-order valence-corrected chi connectivity index (χ4v) is 3.69. The summed E-state index contributed by atoms with van der Waals surface area (Å²) in [6.07, 6.45) is 4.55. The van der Waals surface area contributed by atoms with Crippen molar-refractivity contribution in [3.63, 3.8) is 0 Å². The summed E-state index contributed by atoms with van der Waals surface area (Å²) >= 11 is 0. The minimum absolute atomic E-state index is 0.0198. The van der Waals surface area contributed by atoms with Crippen LogP contribution in [0.4, 0.5) is 17.3 Å². The number of amides is 1. The Balaban J connectivity index is 1.70. The SMILES string of the molecule is CNc1cc(Nc2cccn(C(C)C)c2=O)nc2c(C(=O)N[C@H]3CC[C@]3(C)O)cnn12. The Hall–Kier alpha value is -3.40. The van der Waals surface area contributed by atoms with E-state index in [2.05, 4.69) is 26.0 Å². The van der Waals surface area contributed by atoms with E-state index in [1.165, 1.54) is 10.7 Å². The molecule has 0 radical (unpaired) electrons. The Kier molecular flexibility index (Phi) is 5.18. The van der Waals surface area contributed by atoms with Crippen LogP contribution in [-0.2, 0) is 0 Å². The Morgan fingerprint density at radius 2 is 2.16 bits per heavy atom. The number of aromatic nitrogens is 4. The maximum absolute atomic E-state index is 12.8. The van der Waals surface area contributed by atoms with Crippen LogP contribution in [0.2, 0.25) is 0 Å². The van der Waals surface area contributed by atoms with Gasteiger partial charge in [0.05, 0.1) is 17.8 Å². The fraction of sp³-hybridized carbons (Fsp3) is 0.429. The van der Waals surface area contributed by atoms with Crippen LogP contribution in [0.5, 0.6) is 0 Å². The van der Waals surface area contributed by atoms with Crippen LogP contribution in [0.3, 0.4) is 0 Å². The molecular formula is C21H27N7O3. The third kappa shape index (κ3) is 3.74. The van der Waals surface area contributed by atoms with Crippen LogP contribution in [0, 0.1) is 0 Å². The monoisotopic (exact) mass is 425 g/mol. The molecule has 1 fully saturated rings. The molecule has 3 aromatic heterocycles. The first-order chi connectivity index (χ1) is 14.7. The third-order valence-corrected chi connectivity index (χ3v) is 5.76. The van der Waals surface area contributed by atoms with Crippen molar-refractivity contribution in [2.75, 3.05) is 17.7 Å². The van der Waals surface area contributed by atoms with Crippen molar-refractivity contribution in [3.05, 3.63) is 46.5 Å². The Labute approximate surface area is 179 Å². The van der Waals surface area contributed by atoms with Crippen LogP contribution < -0.4 is 21.5 Å². The second kappa shape index (κ2) is 7.69. The van der Waals surface area contributed by atoms with Crippen molar-refractivity contribution in [1.29, 1.82) is 0 Å². The standard InChI is InChI=1S/C21H27N7O3/c1-12(2)27-9-5-6-14(20(27)30)24-16-10-17(22-4)28-18(26-16)13(11-23-28)19(29)25-15-7-8-21(15,3)31/h5-6,9-12,15,22,31H,7-8H2,1-4H3,(H,24,26)(H,25,29)/t15-,21-/m0/s1. The highest BCUT2D eigenvalue weighted by Gasteiger charge is 2.42. The van der Waals surface area contributed by atoms with E-state index in [0.717, 1.165) is 6.42 Å². The van der Waals surface area contributed by atoms with Crippen molar-refractivity contribution >= 4 is 28.9 Å². The molecule has 4 N–H and O–H groups in total. The molecule has 31 heavy (non-hydrogen) atoms. The molecule has 10 nitrogen and oxygen atoms in total. The third-order valence-electron chi connectivity index (χ3n) is 5.76. The zero-order valence-corrected chi connectivity index (χ0v) is 18.0. The smallest absolute Gasteiger partial charge is 0.274 e. The molecule has 3 heterocycles. The van der Waals surface area contributed by atoms with E-state index in [1.807, 2.05) is 13.8 Å². The minimum Gasteiger partial charge on any atom is -0.388 e. The van der Waals surface area contributed by atoms with Crippen molar-refractivity contribution in [1.82, 2.24) is 24.5 Å². The number of hydrogen-bond donors (Lipinski definition) is 4. The first-order valence-corrected chi connectivity index (χ1v) is 10.3. The van der Waals surface area contributed by atoms with Crippen LogP contribution >= 0.6 is 0 Å². The van der Waals surface area contributed by atoms with Gasteiger partial charge in [-0.3, -0.25) is 9.59 Å². The maximum atomic E-state index is 12.8. The van der Waals surface area contributed by atoms with Gasteiger partial charge in [-0.05, 0) is 45.7 Å². The molecule has 164 valence electrons. The summed E-state index contributed by atoms with van der Waals surface area (Å²) in [6, 6.07) is 4.91. The minimum atomic E-state index is -0.904. The highest BCUT2D eigenvalue weighted by atomic mass is 16.3. The predicted molar refractivity (Wildman–Crippen MR) is 118 cm³/mol. The number of fused-ring (bicyclic) bond motifs is 1. The summed E-state index contributed by atoms with van der Waals surface area (Å²) < 4.78 is 3.15. The lowest BCUT2D eigenvalue weighted by molar-refractivity contribution is -0.0486. The zero-order chi connectivity index (χ0) is 22.3. The normalized spacial score (nSPS) is 20.5. The maximum Gasteiger partial charge on any atom is 0.274 e. The Morgan fingerprint density at radius 1 is 1.39 bits per heavy atom. The Morgan fingerprint density at radius 3 is 2.77 bits per heavy atom. The van der Waals surface area contributed by atoms with Gasteiger partial charge in [0.25, 0.3) is 11.5 Å². The number of hydrogen-bond acceptors (Lipinski definition) is 7. The molecule has 10 heteroatoms. The van der Waals surface area contributed by atoms with E-state index >= 15 is 0 Å². The molecular weight excluding hydrogens is 398 g/mol. The molecule has 1 aliphatic carbocycles.